The molecule has 0 spiro atoms. The number of aliphatic hydroxyl groups is 1. The molecule has 0 radical (unpaired) electrons. The molecule has 0 saturated carbocycles. The fourth-order valence-corrected chi connectivity index (χ4v) is 2.32. The molecular formula is C7H12N2O4S. The minimum atomic E-state index is -3.50. The molecule has 0 aromatic carbocycles. The Hall–Kier alpha value is -0.680. The van der Waals surface area contributed by atoms with Gasteiger partial charge in [-0.05, 0) is 0 Å². The summed E-state index contributed by atoms with van der Waals surface area (Å²) in [5, 5.41) is 17.1. The zero-order valence-corrected chi connectivity index (χ0v) is 8.40. The normalized spacial score (nSPS) is 24.4. The average Bonchev–Trinajstić information content (AvgIpc) is 2.18. The van der Waals surface area contributed by atoms with Gasteiger partial charge in [-0.1, -0.05) is 0 Å². The van der Waals surface area contributed by atoms with E-state index in [0.29, 0.717) is 0 Å². The maximum Gasteiger partial charge on any atom is 0.227 e. The quantitative estimate of drug-likeness (QED) is 0.627. The Balaban J connectivity index is 2.65. The Bertz CT molecular complexity index is 321. The van der Waals surface area contributed by atoms with Crippen LogP contribution in [0.15, 0.2) is 0 Å². The molecule has 1 N–H and O–H groups in total. The molecule has 6 nitrogen and oxygen atoms in total. The van der Waals surface area contributed by atoms with Gasteiger partial charge in [-0.3, -0.25) is 0 Å². The summed E-state index contributed by atoms with van der Waals surface area (Å²) in [6, 6.07) is 1.61. The molecule has 0 aromatic rings. The predicted octanol–water partition coefficient (Wildman–Crippen LogP) is -1.47. The van der Waals surface area contributed by atoms with E-state index in [1.165, 1.54) is 4.31 Å². The van der Waals surface area contributed by atoms with Crippen molar-refractivity contribution in [2.45, 2.75) is 6.10 Å². The summed E-state index contributed by atoms with van der Waals surface area (Å²) in [4.78, 5) is 0. The molecular weight excluding hydrogens is 208 g/mol. The van der Waals surface area contributed by atoms with E-state index in [9.17, 15) is 8.42 Å². The van der Waals surface area contributed by atoms with Crippen LogP contribution >= 0.6 is 0 Å². The molecule has 1 rings (SSSR count). The smallest absolute Gasteiger partial charge is 0.227 e. The SMILES string of the molecule is N#CCS(=O)(=O)N1CCOC(CO)C1. The van der Waals surface area contributed by atoms with Crippen molar-refractivity contribution in [2.75, 3.05) is 32.1 Å². The summed E-state index contributed by atoms with van der Waals surface area (Å²) in [6.07, 6.45) is -0.475. The highest BCUT2D eigenvalue weighted by Gasteiger charge is 2.28. The standard InChI is InChI=1S/C7H12N2O4S/c8-1-4-14(11,12)9-2-3-13-7(5-9)6-10/h7,10H,2-6H2. The second-order valence-corrected chi connectivity index (χ2v) is 4.92. The Morgan fingerprint density at radius 1 is 1.64 bits per heavy atom. The molecule has 7 heteroatoms. The Morgan fingerprint density at radius 3 is 2.93 bits per heavy atom. The van der Waals surface area contributed by atoms with Gasteiger partial charge in [-0.2, -0.15) is 9.57 Å². The van der Waals surface area contributed by atoms with Crippen LogP contribution in [0.4, 0.5) is 0 Å². The third-order valence-corrected chi connectivity index (χ3v) is 3.56. The van der Waals surface area contributed by atoms with Gasteiger partial charge < -0.3 is 9.84 Å². The highest BCUT2D eigenvalue weighted by atomic mass is 32.2. The Labute approximate surface area is 82.7 Å². The van der Waals surface area contributed by atoms with Gasteiger partial charge in [0.1, 0.15) is 0 Å². The molecule has 80 valence electrons. The Morgan fingerprint density at radius 2 is 2.36 bits per heavy atom. The van der Waals surface area contributed by atoms with Crippen molar-refractivity contribution in [3.63, 3.8) is 0 Å². The number of nitrogens with zero attached hydrogens (tertiary/aromatic N) is 2. The van der Waals surface area contributed by atoms with E-state index in [1.807, 2.05) is 0 Å². The van der Waals surface area contributed by atoms with E-state index in [2.05, 4.69) is 0 Å². The molecule has 0 amide bonds. The first-order valence-electron chi connectivity index (χ1n) is 4.17. The van der Waals surface area contributed by atoms with Gasteiger partial charge in [0.2, 0.25) is 10.0 Å². The van der Waals surface area contributed by atoms with Crippen molar-refractivity contribution in [1.82, 2.24) is 4.31 Å². The third kappa shape index (κ3) is 2.65. The van der Waals surface area contributed by atoms with Crippen molar-refractivity contribution >= 4 is 10.0 Å². The van der Waals surface area contributed by atoms with Crippen LogP contribution in [0.2, 0.25) is 0 Å². The third-order valence-electron chi connectivity index (χ3n) is 1.95. The van der Waals surface area contributed by atoms with E-state index in [1.54, 1.807) is 6.07 Å². The topological polar surface area (TPSA) is 90.6 Å². The second kappa shape index (κ2) is 4.70. The van der Waals surface area contributed by atoms with Crippen LogP contribution in [0.5, 0.6) is 0 Å². The summed E-state index contributed by atoms with van der Waals surface area (Å²) in [6.45, 7) is 0.426. The lowest BCUT2D eigenvalue weighted by Gasteiger charge is -2.30. The largest absolute Gasteiger partial charge is 0.394 e. The molecule has 1 unspecified atom stereocenters. The van der Waals surface area contributed by atoms with Gasteiger partial charge >= 0.3 is 0 Å². The van der Waals surface area contributed by atoms with Gasteiger partial charge in [0, 0.05) is 13.1 Å². The number of aliphatic hydroxyl groups excluding tert-OH is 1. The molecule has 1 saturated heterocycles. The maximum absolute atomic E-state index is 11.4. The summed E-state index contributed by atoms with van der Waals surface area (Å²) in [7, 11) is -3.50. The van der Waals surface area contributed by atoms with Crippen LogP contribution in [-0.2, 0) is 14.8 Å². The van der Waals surface area contributed by atoms with Gasteiger partial charge in [0.15, 0.2) is 5.75 Å². The van der Waals surface area contributed by atoms with E-state index < -0.39 is 21.9 Å². The molecule has 1 fully saturated rings. The molecule has 0 aromatic heterocycles. The van der Waals surface area contributed by atoms with Crippen molar-refractivity contribution in [3.8, 4) is 6.07 Å². The molecule has 14 heavy (non-hydrogen) atoms. The van der Waals surface area contributed by atoms with Gasteiger partial charge in [0.05, 0.1) is 25.4 Å². The Kier molecular flexibility index (Phi) is 3.83. The predicted molar refractivity (Wildman–Crippen MR) is 47.8 cm³/mol. The lowest BCUT2D eigenvalue weighted by Crippen LogP contribution is -2.47. The number of hydrogen-bond acceptors (Lipinski definition) is 5. The first-order chi connectivity index (χ1) is 6.60. The second-order valence-electron chi connectivity index (χ2n) is 2.95. The van der Waals surface area contributed by atoms with Crippen molar-refractivity contribution in [2.24, 2.45) is 0 Å². The number of ether oxygens (including phenoxy) is 1. The summed E-state index contributed by atoms with van der Waals surface area (Å²) < 4.78 is 29.1. The van der Waals surface area contributed by atoms with Crippen molar-refractivity contribution < 1.29 is 18.3 Å². The van der Waals surface area contributed by atoms with Gasteiger partial charge in [0.25, 0.3) is 0 Å². The van der Waals surface area contributed by atoms with Crippen LogP contribution < -0.4 is 0 Å². The summed E-state index contributed by atoms with van der Waals surface area (Å²) >= 11 is 0. The highest BCUT2D eigenvalue weighted by Crippen LogP contribution is 2.09. The molecule has 0 bridgehead atoms. The minimum absolute atomic E-state index is 0.126. The average molecular weight is 220 g/mol. The van der Waals surface area contributed by atoms with Crippen molar-refractivity contribution in [1.29, 1.82) is 5.26 Å². The van der Waals surface area contributed by atoms with Crippen LogP contribution in [0.1, 0.15) is 0 Å². The number of rotatable bonds is 3. The van der Waals surface area contributed by atoms with E-state index >= 15 is 0 Å². The monoisotopic (exact) mass is 220 g/mol. The zero-order chi connectivity index (χ0) is 10.6. The number of sulfonamides is 1. The fraction of sp³-hybridized carbons (Fsp3) is 0.857. The summed E-state index contributed by atoms with van der Waals surface area (Å²) in [5.41, 5.74) is 0. The van der Waals surface area contributed by atoms with Gasteiger partial charge in [-0.15, -0.1) is 0 Å². The van der Waals surface area contributed by atoms with Crippen LogP contribution in [0, 0.1) is 11.3 Å². The number of hydrogen-bond donors (Lipinski definition) is 1. The summed E-state index contributed by atoms with van der Waals surface area (Å²) in [5.74, 6) is -0.523. The minimum Gasteiger partial charge on any atom is -0.394 e. The molecule has 1 aliphatic heterocycles. The van der Waals surface area contributed by atoms with Gasteiger partial charge in [-0.25, -0.2) is 8.42 Å². The fourth-order valence-electron chi connectivity index (χ4n) is 1.23. The number of morpholine rings is 1. The molecule has 0 aliphatic carbocycles. The maximum atomic E-state index is 11.4. The van der Waals surface area contributed by atoms with Crippen molar-refractivity contribution in [3.05, 3.63) is 0 Å². The van der Waals surface area contributed by atoms with Crippen LogP contribution in [0.3, 0.4) is 0 Å². The molecule has 1 atom stereocenters. The van der Waals surface area contributed by atoms with E-state index in [4.69, 9.17) is 15.1 Å². The van der Waals surface area contributed by atoms with E-state index in [0.717, 1.165) is 0 Å². The first-order valence-corrected chi connectivity index (χ1v) is 5.78. The molecule has 1 aliphatic rings. The highest BCUT2D eigenvalue weighted by molar-refractivity contribution is 7.89. The molecule has 1 heterocycles. The zero-order valence-electron chi connectivity index (χ0n) is 7.59. The van der Waals surface area contributed by atoms with Crippen LogP contribution in [0.25, 0.3) is 0 Å². The number of nitriles is 1. The van der Waals surface area contributed by atoms with E-state index in [-0.39, 0.29) is 26.3 Å². The lowest BCUT2D eigenvalue weighted by atomic mass is 10.3. The van der Waals surface area contributed by atoms with Crippen LogP contribution in [-0.4, -0.2) is 56.0 Å². The lowest BCUT2D eigenvalue weighted by molar-refractivity contribution is -0.0303. The first kappa shape index (κ1) is 11.4.